The Morgan fingerprint density at radius 2 is 1.68 bits per heavy atom. The fourth-order valence-electron chi connectivity index (χ4n) is 10.4. The van der Waals surface area contributed by atoms with Crippen LogP contribution in [0.25, 0.3) is 0 Å². The van der Waals surface area contributed by atoms with Gasteiger partial charge in [0.05, 0.1) is 5.75 Å². The first-order chi connectivity index (χ1) is 17.5. The highest BCUT2D eigenvalue weighted by atomic mass is 32.2. The number of fused-ring (bicyclic) bond motifs is 5. The molecule has 3 unspecified atom stereocenters. The van der Waals surface area contributed by atoms with Crippen molar-refractivity contribution < 1.29 is 8.42 Å². The van der Waals surface area contributed by atoms with Gasteiger partial charge in [0, 0.05) is 6.20 Å². The molecule has 1 heterocycles. The van der Waals surface area contributed by atoms with Gasteiger partial charge >= 0.3 is 0 Å². The Morgan fingerprint density at radius 3 is 2.41 bits per heavy atom. The van der Waals surface area contributed by atoms with Gasteiger partial charge in [0.15, 0.2) is 14.9 Å². The number of hydrogen-bond acceptors (Lipinski definition) is 3. The topological polar surface area (TPSA) is 47.0 Å². The predicted molar refractivity (Wildman–Crippen MR) is 153 cm³/mol. The van der Waals surface area contributed by atoms with Crippen LogP contribution in [0.3, 0.4) is 0 Å². The second-order valence-corrected chi connectivity index (χ2v) is 16.8. The molecule has 0 saturated heterocycles. The van der Waals surface area contributed by atoms with E-state index in [0.29, 0.717) is 16.7 Å². The van der Waals surface area contributed by atoms with E-state index in [1.54, 1.807) is 24.4 Å². The van der Waals surface area contributed by atoms with Crippen LogP contribution in [0.1, 0.15) is 112 Å². The van der Waals surface area contributed by atoms with Crippen LogP contribution in [-0.2, 0) is 9.84 Å². The number of aromatic nitrogens is 1. The number of rotatable bonds is 8. The molecule has 4 heteroatoms. The van der Waals surface area contributed by atoms with Crippen molar-refractivity contribution in [1.82, 2.24) is 4.98 Å². The van der Waals surface area contributed by atoms with Gasteiger partial charge in [-0.25, -0.2) is 13.4 Å². The lowest BCUT2D eigenvalue weighted by Gasteiger charge is -2.61. The number of hydrogen-bond donors (Lipinski definition) is 0. The van der Waals surface area contributed by atoms with E-state index in [9.17, 15) is 8.42 Å². The highest BCUT2D eigenvalue weighted by Crippen LogP contribution is 2.68. The quantitative estimate of drug-likeness (QED) is 0.340. The summed E-state index contributed by atoms with van der Waals surface area (Å²) >= 11 is 0. The molecule has 0 aromatic carbocycles. The first-order valence-corrected chi connectivity index (χ1v) is 17.3. The summed E-state index contributed by atoms with van der Waals surface area (Å²) in [4.78, 5) is 4.16. The van der Waals surface area contributed by atoms with Crippen molar-refractivity contribution in [3.05, 3.63) is 24.4 Å². The number of pyridine rings is 1. The Bertz CT molecular complexity index is 1020. The molecular weight excluding hydrogens is 474 g/mol. The van der Waals surface area contributed by atoms with Crippen LogP contribution >= 0.6 is 0 Å². The lowest BCUT2D eigenvalue weighted by Crippen LogP contribution is -2.54. The van der Waals surface area contributed by atoms with Gasteiger partial charge in [-0.15, -0.1) is 0 Å². The molecule has 0 N–H and O–H groups in total. The van der Waals surface area contributed by atoms with Crippen molar-refractivity contribution in [3.63, 3.8) is 0 Å². The molecule has 0 radical (unpaired) electrons. The summed E-state index contributed by atoms with van der Waals surface area (Å²) in [7, 11) is -3.30. The van der Waals surface area contributed by atoms with Crippen LogP contribution in [0.15, 0.2) is 29.4 Å². The van der Waals surface area contributed by atoms with Gasteiger partial charge in [-0.3, -0.25) is 0 Å². The summed E-state index contributed by atoms with van der Waals surface area (Å²) in [5, 5.41) is 0.257. The van der Waals surface area contributed by atoms with Crippen molar-refractivity contribution >= 4 is 9.84 Å². The van der Waals surface area contributed by atoms with Crippen LogP contribution < -0.4 is 0 Å². The van der Waals surface area contributed by atoms with E-state index in [-0.39, 0.29) is 16.7 Å². The van der Waals surface area contributed by atoms with Gasteiger partial charge in [-0.2, -0.15) is 0 Å². The SMILES string of the molecule is CC(C)CCC[C@@H](C)[C@H]1CCC2C3CC[C@H]4C[C@H](CS(=O)(=O)c5ccccn5)CC[C@]4(C)C3CC[C@@]21C. The van der Waals surface area contributed by atoms with Crippen molar-refractivity contribution in [2.45, 2.75) is 117 Å². The zero-order chi connectivity index (χ0) is 26.4. The largest absolute Gasteiger partial charge is 0.245 e. The maximum atomic E-state index is 13.1. The number of sulfone groups is 1. The predicted octanol–water partition coefficient (Wildman–Crippen LogP) is 8.59. The first kappa shape index (κ1) is 27.7. The Morgan fingerprint density at radius 1 is 0.919 bits per heavy atom. The van der Waals surface area contributed by atoms with E-state index >= 15 is 0 Å². The van der Waals surface area contributed by atoms with Gasteiger partial charge in [-0.1, -0.05) is 59.9 Å². The zero-order valence-electron chi connectivity index (χ0n) is 24.3. The molecule has 1 aromatic heterocycles. The minimum Gasteiger partial charge on any atom is -0.245 e. The lowest BCUT2D eigenvalue weighted by atomic mass is 9.44. The minimum absolute atomic E-state index is 0.257. The molecule has 4 aliphatic rings. The third-order valence-corrected chi connectivity index (χ3v) is 14.2. The summed E-state index contributed by atoms with van der Waals surface area (Å²) in [5.74, 6) is 6.56. The summed E-state index contributed by atoms with van der Waals surface area (Å²) in [6, 6.07) is 5.24. The third-order valence-electron chi connectivity index (χ3n) is 12.4. The Hall–Kier alpha value is -0.900. The molecular formula is C33H53NO2S. The molecule has 4 fully saturated rings. The van der Waals surface area contributed by atoms with Crippen molar-refractivity contribution in [3.8, 4) is 0 Å². The normalized spacial score (nSPS) is 40.6. The second kappa shape index (κ2) is 10.6. The monoisotopic (exact) mass is 527 g/mol. The van der Waals surface area contributed by atoms with E-state index in [4.69, 9.17) is 0 Å². The highest BCUT2D eigenvalue weighted by molar-refractivity contribution is 7.91. The summed E-state index contributed by atoms with van der Waals surface area (Å²) < 4.78 is 26.1. The molecule has 208 valence electrons. The molecule has 4 aliphatic carbocycles. The lowest BCUT2D eigenvalue weighted by molar-refractivity contribution is -0.120. The summed E-state index contributed by atoms with van der Waals surface area (Å²) in [6.07, 6.45) is 17.7. The van der Waals surface area contributed by atoms with Gasteiger partial charge in [0.25, 0.3) is 0 Å². The highest BCUT2D eigenvalue weighted by Gasteiger charge is 2.60. The van der Waals surface area contributed by atoms with Crippen LogP contribution in [0, 0.1) is 58.2 Å². The van der Waals surface area contributed by atoms with E-state index < -0.39 is 9.84 Å². The maximum absolute atomic E-state index is 13.1. The fourth-order valence-corrected chi connectivity index (χ4v) is 12.1. The van der Waals surface area contributed by atoms with E-state index in [1.807, 2.05) is 0 Å². The fraction of sp³-hybridized carbons (Fsp3) is 0.848. The Balaban J connectivity index is 1.24. The molecule has 9 atom stereocenters. The molecule has 4 saturated carbocycles. The smallest absolute Gasteiger partial charge is 0.195 e. The zero-order valence-corrected chi connectivity index (χ0v) is 25.1. The Kier molecular flexibility index (Phi) is 7.91. The van der Waals surface area contributed by atoms with Crippen molar-refractivity contribution in [1.29, 1.82) is 0 Å². The van der Waals surface area contributed by atoms with Gasteiger partial charge in [-0.05, 0) is 128 Å². The van der Waals surface area contributed by atoms with Crippen LogP contribution in [0.2, 0.25) is 0 Å². The van der Waals surface area contributed by atoms with Crippen molar-refractivity contribution in [2.24, 2.45) is 58.2 Å². The maximum Gasteiger partial charge on any atom is 0.195 e. The van der Waals surface area contributed by atoms with Gasteiger partial charge in [0.1, 0.15) is 0 Å². The van der Waals surface area contributed by atoms with E-state index in [2.05, 4.69) is 39.6 Å². The van der Waals surface area contributed by atoms with Gasteiger partial charge in [0.2, 0.25) is 0 Å². The standard InChI is InChI=1S/C33H53NO2S/c1-23(2)9-8-10-24(3)28-14-15-29-27-13-12-26-21-25(22-37(35,36)31-11-6-7-20-34-31)16-18-32(26,4)30(27)17-19-33(28,29)5/h6-7,11,20,23-30H,8-10,12-19,21-22H2,1-5H3/t24-,25-,26+,27?,28-,29?,30?,32+,33-/m1/s1. The molecule has 0 spiro atoms. The molecule has 0 amide bonds. The molecule has 0 aliphatic heterocycles. The Labute approximate surface area is 227 Å². The molecule has 1 aromatic rings. The third kappa shape index (κ3) is 5.19. The molecule has 5 rings (SSSR count). The van der Waals surface area contributed by atoms with E-state index in [0.717, 1.165) is 48.3 Å². The van der Waals surface area contributed by atoms with Gasteiger partial charge < -0.3 is 0 Å². The summed E-state index contributed by atoms with van der Waals surface area (Å²) in [6.45, 7) is 12.6. The average molecular weight is 528 g/mol. The number of nitrogens with zero attached hydrogens (tertiary/aromatic N) is 1. The van der Waals surface area contributed by atoms with Crippen LogP contribution in [-0.4, -0.2) is 19.2 Å². The van der Waals surface area contributed by atoms with Crippen LogP contribution in [0.5, 0.6) is 0 Å². The van der Waals surface area contributed by atoms with E-state index in [1.165, 1.54) is 64.2 Å². The van der Waals surface area contributed by atoms with Crippen molar-refractivity contribution in [2.75, 3.05) is 5.75 Å². The molecule has 0 bridgehead atoms. The van der Waals surface area contributed by atoms with Crippen LogP contribution in [0.4, 0.5) is 0 Å². The second-order valence-electron chi connectivity index (χ2n) is 14.8. The molecule has 37 heavy (non-hydrogen) atoms. The summed E-state index contributed by atoms with van der Waals surface area (Å²) in [5.41, 5.74) is 0.964. The average Bonchev–Trinajstić information content (AvgIpc) is 3.22. The minimum atomic E-state index is -3.30. The molecule has 3 nitrogen and oxygen atoms in total. The first-order valence-electron chi connectivity index (χ1n) is 15.7.